The largest absolute Gasteiger partial charge is 0.352 e. The molecule has 0 spiro atoms. The summed E-state index contributed by atoms with van der Waals surface area (Å²) in [5.74, 6) is 0.214. The summed E-state index contributed by atoms with van der Waals surface area (Å²) in [6.07, 6.45) is 1.87. The summed E-state index contributed by atoms with van der Waals surface area (Å²) in [5, 5.41) is 14.2. The Hall–Kier alpha value is -2.30. The lowest BCUT2D eigenvalue weighted by atomic mass is 10.2. The fraction of sp³-hybridized carbons (Fsp3) is 0.188. The van der Waals surface area contributed by atoms with Gasteiger partial charge in [0, 0.05) is 25.4 Å². The van der Waals surface area contributed by atoms with Crippen LogP contribution in [0.1, 0.15) is 11.4 Å². The van der Waals surface area contributed by atoms with Crippen LogP contribution in [0.2, 0.25) is 0 Å². The molecule has 3 aromatic rings. The van der Waals surface area contributed by atoms with Crippen molar-refractivity contribution in [3.63, 3.8) is 0 Å². The Kier molecular flexibility index (Phi) is 6.62. The van der Waals surface area contributed by atoms with Crippen LogP contribution >= 0.6 is 24.0 Å². The van der Waals surface area contributed by atoms with Gasteiger partial charge >= 0.3 is 0 Å². The van der Waals surface area contributed by atoms with Crippen molar-refractivity contribution in [3.8, 4) is 0 Å². The van der Waals surface area contributed by atoms with E-state index in [1.807, 2.05) is 28.8 Å². The van der Waals surface area contributed by atoms with Gasteiger partial charge in [0.15, 0.2) is 17.4 Å². The van der Waals surface area contributed by atoms with Crippen molar-refractivity contribution in [2.24, 2.45) is 4.99 Å². The highest BCUT2D eigenvalue weighted by Crippen LogP contribution is 2.09. The molecule has 0 saturated carbocycles. The topological polar surface area (TPSA) is 66.6 Å². The second kappa shape index (κ2) is 8.70. The quantitative estimate of drug-likeness (QED) is 0.358. The average Bonchev–Trinajstić information content (AvgIpc) is 3.01. The standard InChI is InChI=1S/C16H16F2N6.HI/c1-19-16(20-9-11-8-12(17)5-6-13(11)18)21-10-15-23-22-14-4-2-3-7-24(14)15;/h2-8H,9-10H2,1H3,(H2,19,20,21);1H. The third-order valence-electron chi connectivity index (χ3n) is 3.48. The molecule has 0 saturated heterocycles. The Balaban J connectivity index is 0.00000225. The number of benzene rings is 1. The molecule has 0 aliphatic heterocycles. The maximum absolute atomic E-state index is 13.6. The first-order valence-electron chi connectivity index (χ1n) is 7.34. The number of fused-ring (bicyclic) bond motifs is 1. The lowest BCUT2D eigenvalue weighted by Gasteiger charge is -2.11. The van der Waals surface area contributed by atoms with Gasteiger partial charge in [-0.1, -0.05) is 6.07 Å². The maximum Gasteiger partial charge on any atom is 0.191 e. The zero-order valence-electron chi connectivity index (χ0n) is 13.4. The molecule has 0 aliphatic carbocycles. The van der Waals surface area contributed by atoms with Gasteiger partial charge in [0.05, 0.1) is 6.54 Å². The van der Waals surface area contributed by atoms with Crippen LogP contribution in [0.25, 0.3) is 5.65 Å². The zero-order chi connectivity index (χ0) is 16.9. The number of rotatable bonds is 4. The molecule has 1 aromatic carbocycles. The van der Waals surface area contributed by atoms with E-state index in [9.17, 15) is 8.78 Å². The molecule has 2 N–H and O–H groups in total. The molecular weight excluding hydrogens is 441 g/mol. The van der Waals surface area contributed by atoms with E-state index >= 15 is 0 Å². The first kappa shape index (κ1) is 19.0. The smallest absolute Gasteiger partial charge is 0.191 e. The van der Waals surface area contributed by atoms with Crippen molar-refractivity contribution in [2.45, 2.75) is 13.1 Å². The second-order valence-corrected chi connectivity index (χ2v) is 5.06. The summed E-state index contributed by atoms with van der Waals surface area (Å²) in [7, 11) is 1.60. The molecule has 0 atom stereocenters. The van der Waals surface area contributed by atoms with Gasteiger partial charge in [-0.15, -0.1) is 34.2 Å². The van der Waals surface area contributed by atoms with E-state index in [2.05, 4.69) is 25.8 Å². The number of hydrogen-bond acceptors (Lipinski definition) is 3. The molecule has 9 heteroatoms. The summed E-state index contributed by atoms with van der Waals surface area (Å²) < 4.78 is 28.7. The Morgan fingerprint density at radius 3 is 2.72 bits per heavy atom. The van der Waals surface area contributed by atoms with Crippen molar-refractivity contribution in [2.75, 3.05) is 7.05 Å². The number of aromatic nitrogens is 3. The molecule has 0 bridgehead atoms. The first-order chi connectivity index (χ1) is 11.7. The number of nitrogens with one attached hydrogen (secondary N) is 2. The number of pyridine rings is 1. The molecule has 25 heavy (non-hydrogen) atoms. The number of hydrogen-bond donors (Lipinski definition) is 2. The molecule has 132 valence electrons. The molecule has 2 aromatic heterocycles. The summed E-state index contributed by atoms with van der Waals surface area (Å²) in [4.78, 5) is 4.06. The third kappa shape index (κ3) is 4.62. The molecule has 0 amide bonds. The fourth-order valence-corrected chi connectivity index (χ4v) is 2.25. The van der Waals surface area contributed by atoms with Crippen LogP contribution in [-0.4, -0.2) is 27.6 Å². The minimum Gasteiger partial charge on any atom is -0.352 e. The number of aliphatic imine (C=N–C) groups is 1. The SMILES string of the molecule is CN=C(NCc1cc(F)ccc1F)NCc1nnc2ccccn12.I. The predicted molar refractivity (Wildman–Crippen MR) is 102 cm³/mol. The highest BCUT2D eigenvalue weighted by molar-refractivity contribution is 14.0. The number of halogens is 3. The van der Waals surface area contributed by atoms with Crippen molar-refractivity contribution < 1.29 is 8.78 Å². The monoisotopic (exact) mass is 458 g/mol. The Labute approximate surface area is 160 Å². The van der Waals surface area contributed by atoms with Gasteiger partial charge in [-0.05, 0) is 30.3 Å². The van der Waals surface area contributed by atoms with Gasteiger partial charge in [-0.3, -0.25) is 9.39 Å². The van der Waals surface area contributed by atoms with E-state index in [0.717, 1.165) is 23.8 Å². The van der Waals surface area contributed by atoms with Gasteiger partial charge in [-0.25, -0.2) is 8.78 Å². The lowest BCUT2D eigenvalue weighted by molar-refractivity contribution is 0.581. The van der Waals surface area contributed by atoms with Gasteiger partial charge in [0.25, 0.3) is 0 Å². The van der Waals surface area contributed by atoms with E-state index < -0.39 is 11.6 Å². The minimum absolute atomic E-state index is 0. The summed E-state index contributed by atoms with van der Waals surface area (Å²) in [6, 6.07) is 8.97. The molecule has 0 radical (unpaired) electrons. The summed E-state index contributed by atoms with van der Waals surface area (Å²) in [5.41, 5.74) is 0.977. The van der Waals surface area contributed by atoms with Gasteiger partial charge < -0.3 is 10.6 Å². The van der Waals surface area contributed by atoms with Crippen molar-refractivity contribution in [1.29, 1.82) is 0 Å². The first-order valence-corrected chi connectivity index (χ1v) is 7.34. The Bertz CT molecular complexity index is 880. The predicted octanol–water partition coefficient (Wildman–Crippen LogP) is 2.49. The van der Waals surface area contributed by atoms with E-state index in [-0.39, 0.29) is 36.1 Å². The third-order valence-corrected chi connectivity index (χ3v) is 3.48. The van der Waals surface area contributed by atoms with Crippen LogP contribution in [0.15, 0.2) is 47.6 Å². The highest BCUT2D eigenvalue weighted by Gasteiger charge is 2.07. The second-order valence-electron chi connectivity index (χ2n) is 5.06. The van der Waals surface area contributed by atoms with Crippen molar-refractivity contribution in [3.05, 3.63) is 65.6 Å². The highest BCUT2D eigenvalue weighted by atomic mass is 127. The molecule has 0 unspecified atom stereocenters. The van der Waals surface area contributed by atoms with Crippen molar-refractivity contribution in [1.82, 2.24) is 25.2 Å². The normalized spacial score (nSPS) is 11.2. The Morgan fingerprint density at radius 1 is 1.12 bits per heavy atom. The van der Waals surface area contributed by atoms with Crippen LogP contribution in [0.4, 0.5) is 8.78 Å². The van der Waals surface area contributed by atoms with Gasteiger partial charge in [0.1, 0.15) is 11.6 Å². The minimum atomic E-state index is -0.480. The summed E-state index contributed by atoms with van der Waals surface area (Å²) in [6.45, 7) is 0.500. The van der Waals surface area contributed by atoms with Crippen LogP contribution in [0.5, 0.6) is 0 Å². The molecule has 0 aliphatic rings. The van der Waals surface area contributed by atoms with Crippen LogP contribution in [0, 0.1) is 11.6 Å². The average molecular weight is 458 g/mol. The fourth-order valence-electron chi connectivity index (χ4n) is 2.25. The van der Waals surface area contributed by atoms with Crippen LogP contribution < -0.4 is 10.6 Å². The van der Waals surface area contributed by atoms with Gasteiger partial charge in [0.2, 0.25) is 0 Å². The van der Waals surface area contributed by atoms with Crippen LogP contribution in [0.3, 0.4) is 0 Å². The zero-order valence-corrected chi connectivity index (χ0v) is 15.7. The molecule has 0 fully saturated rings. The van der Waals surface area contributed by atoms with E-state index in [0.29, 0.717) is 18.3 Å². The number of guanidine groups is 1. The van der Waals surface area contributed by atoms with E-state index in [1.165, 1.54) is 0 Å². The lowest BCUT2D eigenvalue weighted by Crippen LogP contribution is -2.37. The Morgan fingerprint density at radius 2 is 1.92 bits per heavy atom. The number of nitrogens with zero attached hydrogens (tertiary/aromatic N) is 4. The van der Waals surface area contributed by atoms with Crippen molar-refractivity contribution >= 4 is 35.6 Å². The molecule has 2 heterocycles. The van der Waals surface area contributed by atoms with E-state index in [4.69, 9.17) is 0 Å². The molecular formula is C16H17F2IN6. The van der Waals surface area contributed by atoms with Gasteiger partial charge in [-0.2, -0.15) is 0 Å². The maximum atomic E-state index is 13.6. The summed E-state index contributed by atoms with van der Waals surface area (Å²) >= 11 is 0. The van der Waals surface area contributed by atoms with E-state index in [1.54, 1.807) is 7.05 Å². The van der Waals surface area contributed by atoms with Crippen LogP contribution in [-0.2, 0) is 13.1 Å². The molecule has 6 nitrogen and oxygen atoms in total. The molecule has 3 rings (SSSR count).